The van der Waals surface area contributed by atoms with Crippen LogP contribution in [0.15, 0.2) is 51.7 Å². The Labute approximate surface area is 129 Å². The second-order valence-corrected chi connectivity index (χ2v) is 5.02. The molecule has 4 nitrogen and oxygen atoms in total. The average Bonchev–Trinajstić information content (AvgIpc) is 2.50. The minimum atomic E-state index is -0.931. The monoisotopic (exact) mass is 315 g/mol. The summed E-state index contributed by atoms with van der Waals surface area (Å²) in [6.07, 6.45) is 0. The number of carbonyl (C=O) groups is 1. The molecule has 3 aromatic rings. The Morgan fingerprint density at radius 3 is 2.65 bits per heavy atom. The van der Waals surface area contributed by atoms with Gasteiger partial charge in [-0.25, -0.2) is 13.6 Å². The van der Waals surface area contributed by atoms with Crippen LogP contribution in [0.5, 0.6) is 0 Å². The van der Waals surface area contributed by atoms with Crippen LogP contribution in [-0.2, 0) is 0 Å². The minimum Gasteiger partial charge on any atom is -0.422 e. The van der Waals surface area contributed by atoms with Crippen molar-refractivity contribution < 1.29 is 18.0 Å². The quantitative estimate of drug-likeness (QED) is 0.735. The number of carbonyl (C=O) groups excluding carboxylic acids is 1. The summed E-state index contributed by atoms with van der Waals surface area (Å²) >= 11 is 0. The molecule has 6 heteroatoms. The maximum Gasteiger partial charge on any atom is 0.349 e. The van der Waals surface area contributed by atoms with Gasteiger partial charge >= 0.3 is 5.63 Å². The van der Waals surface area contributed by atoms with E-state index in [0.29, 0.717) is 17.0 Å². The summed E-state index contributed by atoms with van der Waals surface area (Å²) in [4.78, 5) is 24.1. The highest BCUT2D eigenvalue weighted by Crippen LogP contribution is 2.19. The highest BCUT2D eigenvalue weighted by Gasteiger charge is 2.16. The lowest BCUT2D eigenvalue weighted by atomic mass is 10.1. The molecule has 0 bridgehead atoms. The molecule has 0 saturated heterocycles. The Hall–Kier alpha value is -3.02. The van der Waals surface area contributed by atoms with E-state index >= 15 is 0 Å². The number of rotatable bonds is 2. The van der Waals surface area contributed by atoms with Crippen molar-refractivity contribution in [2.45, 2.75) is 6.92 Å². The molecular weight excluding hydrogens is 304 g/mol. The van der Waals surface area contributed by atoms with Gasteiger partial charge in [-0.15, -0.1) is 0 Å². The van der Waals surface area contributed by atoms with Crippen molar-refractivity contribution in [2.75, 3.05) is 5.32 Å². The summed E-state index contributed by atoms with van der Waals surface area (Å²) in [5.74, 6) is -2.52. The third-order valence-corrected chi connectivity index (χ3v) is 3.38. The molecular formula is C17H11F2NO3. The van der Waals surface area contributed by atoms with Gasteiger partial charge in [0.05, 0.1) is 5.69 Å². The molecule has 0 aliphatic carbocycles. The maximum atomic E-state index is 13.6. The molecule has 0 radical (unpaired) electrons. The van der Waals surface area contributed by atoms with E-state index in [4.69, 9.17) is 4.42 Å². The summed E-state index contributed by atoms with van der Waals surface area (Å²) in [5, 5.41) is 2.81. The lowest BCUT2D eigenvalue weighted by molar-refractivity contribution is 0.102. The highest BCUT2D eigenvalue weighted by molar-refractivity contribution is 6.05. The first-order valence-corrected chi connectivity index (χ1v) is 6.75. The van der Waals surface area contributed by atoms with Crippen molar-refractivity contribution >= 4 is 22.6 Å². The SMILES string of the molecule is Cc1cccc2cc(C(=O)Nc3ccc(F)cc3F)c(=O)oc12. The molecule has 0 saturated carbocycles. The van der Waals surface area contributed by atoms with Gasteiger partial charge in [-0.1, -0.05) is 18.2 Å². The summed E-state index contributed by atoms with van der Waals surface area (Å²) in [6.45, 7) is 1.78. The van der Waals surface area contributed by atoms with Crippen LogP contribution in [0.2, 0.25) is 0 Å². The number of benzene rings is 2. The van der Waals surface area contributed by atoms with E-state index in [1.54, 1.807) is 25.1 Å². The molecule has 3 rings (SSSR count). The number of para-hydroxylation sites is 1. The molecule has 1 amide bonds. The number of hydrogen-bond donors (Lipinski definition) is 1. The topological polar surface area (TPSA) is 59.3 Å². The minimum absolute atomic E-state index is 0.222. The molecule has 0 aliphatic rings. The van der Waals surface area contributed by atoms with Crippen molar-refractivity contribution in [1.29, 1.82) is 0 Å². The van der Waals surface area contributed by atoms with Crippen LogP contribution >= 0.6 is 0 Å². The molecule has 0 fully saturated rings. The van der Waals surface area contributed by atoms with Crippen LogP contribution in [0, 0.1) is 18.6 Å². The zero-order chi connectivity index (χ0) is 16.6. The van der Waals surface area contributed by atoms with E-state index in [0.717, 1.165) is 17.7 Å². The molecule has 0 unspecified atom stereocenters. The van der Waals surface area contributed by atoms with Crippen LogP contribution in [0.1, 0.15) is 15.9 Å². The van der Waals surface area contributed by atoms with Crippen LogP contribution in [0.4, 0.5) is 14.5 Å². The molecule has 0 spiro atoms. The molecule has 116 valence electrons. The van der Waals surface area contributed by atoms with Gasteiger partial charge < -0.3 is 9.73 Å². The fourth-order valence-corrected chi connectivity index (χ4v) is 2.23. The lowest BCUT2D eigenvalue weighted by Gasteiger charge is -2.07. The fraction of sp³-hybridized carbons (Fsp3) is 0.0588. The highest BCUT2D eigenvalue weighted by atomic mass is 19.1. The third-order valence-electron chi connectivity index (χ3n) is 3.38. The summed E-state index contributed by atoms with van der Waals surface area (Å²) in [7, 11) is 0. The number of fused-ring (bicyclic) bond motifs is 1. The molecule has 0 aliphatic heterocycles. The van der Waals surface area contributed by atoms with E-state index < -0.39 is 23.2 Å². The van der Waals surface area contributed by atoms with E-state index in [1.165, 1.54) is 6.07 Å². The zero-order valence-electron chi connectivity index (χ0n) is 12.0. The Bertz CT molecular complexity index is 979. The van der Waals surface area contributed by atoms with Crippen LogP contribution in [0.25, 0.3) is 11.0 Å². The number of nitrogens with one attached hydrogen (secondary N) is 1. The number of hydrogen-bond acceptors (Lipinski definition) is 3. The van der Waals surface area contributed by atoms with Crippen LogP contribution in [0.3, 0.4) is 0 Å². The van der Waals surface area contributed by atoms with Gasteiger partial charge in [-0.05, 0) is 30.7 Å². The smallest absolute Gasteiger partial charge is 0.349 e. The largest absolute Gasteiger partial charge is 0.422 e. The number of halogens is 2. The third kappa shape index (κ3) is 2.83. The Morgan fingerprint density at radius 1 is 1.13 bits per heavy atom. The molecule has 0 atom stereocenters. The van der Waals surface area contributed by atoms with Gasteiger partial charge in [0.2, 0.25) is 0 Å². The first kappa shape index (κ1) is 14.9. The Morgan fingerprint density at radius 2 is 1.91 bits per heavy atom. The second-order valence-electron chi connectivity index (χ2n) is 5.02. The number of anilines is 1. The van der Waals surface area contributed by atoms with Gasteiger partial charge in [0.15, 0.2) is 0 Å². The van der Waals surface area contributed by atoms with Gasteiger partial charge in [0, 0.05) is 11.5 Å². The lowest BCUT2D eigenvalue weighted by Crippen LogP contribution is -2.21. The van der Waals surface area contributed by atoms with E-state index in [-0.39, 0.29) is 11.3 Å². The van der Waals surface area contributed by atoms with Crippen LogP contribution in [-0.4, -0.2) is 5.91 Å². The van der Waals surface area contributed by atoms with Gasteiger partial charge in [0.25, 0.3) is 5.91 Å². The molecule has 1 heterocycles. The molecule has 1 aromatic heterocycles. The predicted octanol–water partition coefficient (Wildman–Crippen LogP) is 3.63. The van der Waals surface area contributed by atoms with Crippen molar-refractivity contribution in [2.24, 2.45) is 0 Å². The standard InChI is InChI=1S/C17H11F2NO3/c1-9-3-2-4-10-7-12(17(22)23-15(9)10)16(21)20-14-6-5-11(18)8-13(14)19/h2-8H,1H3,(H,20,21). The fourth-order valence-electron chi connectivity index (χ4n) is 2.23. The number of amides is 1. The zero-order valence-corrected chi connectivity index (χ0v) is 12.0. The van der Waals surface area contributed by atoms with Crippen molar-refractivity contribution in [3.05, 3.63) is 75.6 Å². The summed E-state index contributed by atoms with van der Waals surface area (Å²) in [6, 6.07) is 9.34. The van der Waals surface area contributed by atoms with Crippen molar-refractivity contribution in [3.63, 3.8) is 0 Å². The van der Waals surface area contributed by atoms with Gasteiger partial charge in [0.1, 0.15) is 22.8 Å². The molecule has 23 heavy (non-hydrogen) atoms. The van der Waals surface area contributed by atoms with E-state index in [2.05, 4.69) is 5.32 Å². The molecule has 1 N–H and O–H groups in total. The molecule has 2 aromatic carbocycles. The van der Waals surface area contributed by atoms with Crippen molar-refractivity contribution in [1.82, 2.24) is 0 Å². The van der Waals surface area contributed by atoms with Crippen molar-refractivity contribution in [3.8, 4) is 0 Å². The Kier molecular flexibility index (Phi) is 3.65. The van der Waals surface area contributed by atoms with E-state index in [1.807, 2.05) is 0 Å². The maximum absolute atomic E-state index is 13.6. The first-order chi connectivity index (χ1) is 11.0. The van der Waals surface area contributed by atoms with Gasteiger partial charge in [-0.2, -0.15) is 0 Å². The Balaban J connectivity index is 2.01. The summed E-state index contributed by atoms with van der Waals surface area (Å²) in [5.41, 5.74) is -0.156. The van der Waals surface area contributed by atoms with E-state index in [9.17, 15) is 18.4 Å². The predicted molar refractivity (Wildman–Crippen MR) is 81.5 cm³/mol. The average molecular weight is 315 g/mol. The summed E-state index contributed by atoms with van der Waals surface area (Å²) < 4.78 is 31.6. The first-order valence-electron chi connectivity index (χ1n) is 6.75. The second kappa shape index (κ2) is 5.64. The van der Waals surface area contributed by atoms with Gasteiger partial charge in [-0.3, -0.25) is 4.79 Å². The number of aryl methyl sites for hydroxylation is 1. The van der Waals surface area contributed by atoms with Crippen LogP contribution < -0.4 is 10.9 Å². The normalized spacial score (nSPS) is 10.7.